The summed E-state index contributed by atoms with van der Waals surface area (Å²) in [5.74, 6) is 1.40. The van der Waals surface area contributed by atoms with Gasteiger partial charge in [-0.2, -0.15) is 5.10 Å². The van der Waals surface area contributed by atoms with Crippen LogP contribution in [0.15, 0.2) is 0 Å². The van der Waals surface area contributed by atoms with Crippen LogP contribution < -0.4 is 0 Å². The number of alkyl halides is 1. The lowest BCUT2D eigenvalue weighted by molar-refractivity contribution is 0.309. The van der Waals surface area contributed by atoms with E-state index in [4.69, 9.17) is 16.6 Å². The van der Waals surface area contributed by atoms with E-state index >= 15 is 0 Å². The molecule has 0 amide bonds. The first-order valence-electron chi connectivity index (χ1n) is 7.32. The second-order valence-corrected chi connectivity index (χ2v) is 5.89. The van der Waals surface area contributed by atoms with Gasteiger partial charge in [-0.15, -0.1) is 11.6 Å². The van der Waals surface area contributed by atoms with E-state index in [2.05, 4.69) is 28.5 Å². The van der Waals surface area contributed by atoms with Gasteiger partial charge >= 0.3 is 0 Å². The normalized spacial score (nSPS) is 15.7. The molecule has 20 heavy (non-hydrogen) atoms. The second-order valence-electron chi connectivity index (χ2n) is 5.62. The van der Waals surface area contributed by atoms with Crippen LogP contribution in [0.2, 0.25) is 0 Å². The Kier molecular flexibility index (Phi) is 3.73. The number of aromatic nitrogens is 4. The monoisotopic (exact) mass is 295 g/mol. The van der Waals surface area contributed by atoms with Crippen molar-refractivity contribution in [1.29, 1.82) is 0 Å². The van der Waals surface area contributed by atoms with Gasteiger partial charge in [-0.25, -0.2) is 4.98 Å². The molecular formula is C14H22ClN5. The van der Waals surface area contributed by atoms with E-state index in [0.717, 1.165) is 48.2 Å². The average molecular weight is 296 g/mol. The van der Waals surface area contributed by atoms with E-state index in [9.17, 15) is 0 Å². The van der Waals surface area contributed by atoms with E-state index in [1.165, 1.54) is 12.8 Å². The smallest absolute Gasteiger partial charge is 0.158 e. The van der Waals surface area contributed by atoms with Crippen LogP contribution in [0, 0.1) is 0 Å². The van der Waals surface area contributed by atoms with E-state index in [-0.39, 0.29) is 0 Å². The fraction of sp³-hybridized carbons (Fsp3) is 0.714. The van der Waals surface area contributed by atoms with Gasteiger partial charge in [0.1, 0.15) is 11.3 Å². The summed E-state index contributed by atoms with van der Waals surface area (Å²) in [6, 6.07) is 0.784. The number of fused-ring (bicyclic) bond motifs is 1. The molecule has 2 heterocycles. The maximum atomic E-state index is 6.07. The third kappa shape index (κ3) is 2.33. The molecule has 5 nitrogen and oxygen atoms in total. The topological polar surface area (TPSA) is 38.9 Å². The molecule has 1 aliphatic rings. The standard InChI is InChI=1S/C14H22ClN5/c1-4-11-13-14(19(3)17-11)20(12(9-15)16-13)8-7-18(2)10-5-6-10/h10H,4-9H2,1-3H3. The van der Waals surface area contributed by atoms with Gasteiger partial charge in [-0.05, 0) is 26.3 Å². The van der Waals surface area contributed by atoms with E-state index in [1.807, 2.05) is 11.7 Å². The summed E-state index contributed by atoms with van der Waals surface area (Å²) in [6.07, 6.45) is 3.58. The molecule has 0 N–H and O–H groups in total. The van der Waals surface area contributed by atoms with Gasteiger partial charge in [0.05, 0.1) is 11.6 Å². The number of hydrogen-bond acceptors (Lipinski definition) is 3. The summed E-state index contributed by atoms with van der Waals surface area (Å²) in [6.45, 7) is 4.07. The Hall–Kier alpha value is -1.07. The fourth-order valence-electron chi connectivity index (χ4n) is 2.82. The van der Waals surface area contributed by atoms with E-state index in [0.29, 0.717) is 5.88 Å². The van der Waals surface area contributed by atoms with Crippen molar-refractivity contribution < 1.29 is 0 Å². The molecule has 0 saturated heterocycles. The van der Waals surface area contributed by atoms with Crippen LogP contribution in [-0.4, -0.2) is 43.9 Å². The van der Waals surface area contributed by atoms with Crippen LogP contribution in [-0.2, 0) is 25.9 Å². The Morgan fingerprint density at radius 3 is 2.75 bits per heavy atom. The summed E-state index contributed by atoms with van der Waals surface area (Å²) in [4.78, 5) is 7.12. The SMILES string of the molecule is CCc1nn(C)c2c1nc(CCl)n2CCN(C)C1CC1. The van der Waals surface area contributed by atoms with E-state index in [1.54, 1.807) is 0 Å². The van der Waals surface area contributed by atoms with Crippen LogP contribution >= 0.6 is 11.6 Å². The molecule has 0 aliphatic heterocycles. The first kappa shape index (κ1) is 13.9. The summed E-state index contributed by atoms with van der Waals surface area (Å²) in [5, 5.41) is 4.56. The Bertz CT molecular complexity index is 611. The number of rotatable bonds is 6. The Balaban J connectivity index is 1.92. The van der Waals surface area contributed by atoms with Crippen molar-refractivity contribution in [2.24, 2.45) is 7.05 Å². The van der Waals surface area contributed by atoms with Gasteiger partial charge in [0.2, 0.25) is 0 Å². The number of imidazole rings is 1. The van der Waals surface area contributed by atoms with Crippen molar-refractivity contribution >= 4 is 22.8 Å². The molecule has 0 spiro atoms. The molecule has 6 heteroatoms. The Morgan fingerprint density at radius 2 is 2.15 bits per heavy atom. The van der Waals surface area contributed by atoms with Crippen molar-refractivity contribution in [3.8, 4) is 0 Å². The number of halogens is 1. The minimum atomic E-state index is 0.449. The highest BCUT2D eigenvalue weighted by atomic mass is 35.5. The molecule has 0 atom stereocenters. The molecule has 3 rings (SSSR count). The minimum Gasteiger partial charge on any atom is -0.311 e. The van der Waals surface area contributed by atoms with Gasteiger partial charge in [0, 0.05) is 26.2 Å². The molecule has 2 aromatic heterocycles. The maximum Gasteiger partial charge on any atom is 0.158 e. The molecule has 0 bridgehead atoms. The predicted molar refractivity (Wildman–Crippen MR) is 81.1 cm³/mol. The van der Waals surface area contributed by atoms with Gasteiger partial charge in [-0.1, -0.05) is 6.92 Å². The lowest BCUT2D eigenvalue weighted by Gasteiger charge is -2.17. The van der Waals surface area contributed by atoms with Gasteiger partial charge < -0.3 is 9.47 Å². The van der Waals surface area contributed by atoms with Crippen molar-refractivity contribution in [1.82, 2.24) is 24.2 Å². The molecule has 1 aliphatic carbocycles. The summed E-state index contributed by atoms with van der Waals surface area (Å²) in [5.41, 5.74) is 3.17. The minimum absolute atomic E-state index is 0.449. The first-order chi connectivity index (χ1) is 9.65. The lowest BCUT2D eigenvalue weighted by Crippen LogP contribution is -2.26. The predicted octanol–water partition coefficient (Wildman–Crippen LogP) is 2.17. The van der Waals surface area contributed by atoms with Crippen molar-refractivity contribution in [3.05, 3.63) is 11.5 Å². The van der Waals surface area contributed by atoms with Crippen LogP contribution in [0.4, 0.5) is 0 Å². The van der Waals surface area contributed by atoms with Crippen LogP contribution in [0.3, 0.4) is 0 Å². The quantitative estimate of drug-likeness (QED) is 0.767. The summed E-state index contributed by atoms with van der Waals surface area (Å²) >= 11 is 6.07. The Labute approximate surface area is 124 Å². The molecule has 2 aromatic rings. The molecule has 1 fully saturated rings. The highest BCUT2D eigenvalue weighted by Crippen LogP contribution is 2.26. The maximum absolute atomic E-state index is 6.07. The molecule has 0 aromatic carbocycles. The lowest BCUT2D eigenvalue weighted by atomic mass is 10.3. The molecule has 0 radical (unpaired) electrons. The highest BCUT2D eigenvalue weighted by molar-refractivity contribution is 6.16. The molecule has 1 saturated carbocycles. The summed E-state index contributed by atoms with van der Waals surface area (Å²) in [7, 11) is 4.19. The van der Waals surface area contributed by atoms with Gasteiger partial charge in [0.15, 0.2) is 5.65 Å². The van der Waals surface area contributed by atoms with Crippen LogP contribution in [0.1, 0.15) is 31.3 Å². The zero-order chi connectivity index (χ0) is 14.3. The van der Waals surface area contributed by atoms with Crippen molar-refractivity contribution in [2.75, 3.05) is 13.6 Å². The van der Waals surface area contributed by atoms with Crippen molar-refractivity contribution in [3.63, 3.8) is 0 Å². The third-order valence-corrected chi connectivity index (χ3v) is 4.41. The molecule has 110 valence electrons. The largest absolute Gasteiger partial charge is 0.311 e. The van der Waals surface area contributed by atoms with E-state index < -0.39 is 0 Å². The van der Waals surface area contributed by atoms with Crippen molar-refractivity contribution in [2.45, 2.75) is 44.7 Å². The average Bonchev–Trinajstić information content (AvgIpc) is 3.16. The zero-order valence-electron chi connectivity index (χ0n) is 12.4. The molecule has 0 unspecified atom stereocenters. The number of aryl methyl sites for hydroxylation is 2. The first-order valence-corrected chi connectivity index (χ1v) is 7.86. The third-order valence-electron chi connectivity index (χ3n) is 4.17. The van der Waals surface area contributed by atoms with Gasteiger partial charge in [-0.3, -0.25) is 4.68 Å². The number of hydrogen-bond donors (Lipinski definition) is 0. The number of likely N-dealkylation sites (N-methyl/N-ethyl adjacent to an activating group) is 1. The van der Waals surface area contributed by atoms with Gasteiger partial charge in [0.25, 0.3) is 0 Å². The fourth-order valence-corrected chi connectivity index (χ4v) is 3.02. The summed E-state index contributed by atoms with van der Waals surface area (Å²) < 4.78 is 4.17. The zero-order valence-corrected chi connectivity index (χ0v) is 13.2. The second kappa shape index (κ2) is 5.37. The van der Waals surface area contributed by atoms with Crippen LogP contribution in [0.5, 0.6) is 0 Å². The molecular weight excluding hydrogens is 274 g/mol. The number of nitrogens with zero attached hydrogens (tertiary/aromatic N) is 5. The highest BCUT2D eigenvalue weighted by Gasteiger charge is 2.26. The Morgan fingerprint density at radius 1 is 1.40 bits per heavy atom. The van der Waals surface area contributed by atoms with Crippen LogP contribution in [0.25, 0.3) is 11.2 Å².